The molecule has 1 atom stereocenters. The van der Waals surface area contributed by atoms with Gasteiger partial charge in [-0.1, -0.05) is 30.3 Å². The van der Waals surface area contributed by atoms with Crippen molar-refractivity contribution in [1.82, 2.24) is 0 Å². The van der Waals surface area contributed by atoms with Crippen LogP contribution in [-0.4, -0.2) is 43.2 Å². The van der Waals surface area contributed by atoms with Crippen LogP contribution in [0.4, 0.5) is 17.1 Å². The summed E-state index contributed by atoms with van der Waals surface area (Å²) in [6.45, 7) is 5.83. The normalized spacial score (nSPS) is 14.4. The fourth-order valence-electron chi connectivity index (χ4n) is 4.37. The van der Waals surface area contributed by atoms with Crippen molar-refractivity contribution >= 4 is 40.5 Å². The SMILES string of the molecule is CCOc1cc2c(cc1OCC)C(C(=Nc1ccc(N(CC(N)=O)C(C)=O)cc1)c1ccccc1)C(=O)N2. The predicted octanol–water partition coefficient (Wildman–Crippen LogP) is 4.18. The van der Waals surface area contributed by atoms with Crippen molar-refractivity contribution in [3.8, 4) is 11.5 Å². The van der Waals surface area contributed by atoms with Gasteiger partial charge in [0.1, 0.15) is 12.5 Å². The number of nitrogens with one attached hydrogen (secondary N) is 1. The lowest BCUT2D eigenvalue weighted by Crippen LogP contribution is -2.37. The highest BCUT2D eigenvalue weighted by Crippen LogP contribution is 2.43. The van der Waals surface area contributed by atoms with E-state index in [0.29, 0.717) is 47.5 Å². The smallest absolute Gasteiger partial charge is 0.238 e. The van der Waals surface area contributed by atoms with E-state index in [1.165, 1.54) is 11.8 Å². The maximum absolute atomic E-state index is 13.3. The molecule has 0 spiro atoms. The van der Waals surface area contributed by atoms with E-state index < -0.39 is 11.8 Å². The average molecular weight is 515 g/mol. The molecule has 196 valence electrons. The second-order valence-electron chi connectivity index (χ2n) is 8.63. The van der Waals surface area contributed by atoms with Crippen LogP contribution in [0.3, 0.4) is 0 Å². The molecule has 9 heteroatoms. The molecule has 0 saturated carbocycles. The molecular formula is C29H30N4O5. The Morgan fingerprint density at radius 1 is 0.974 bits per heavy atom. The van der Waals surface area contributed by atoms with Crippen molar-refractivity contribution in [2.45, 2.75) is 26.7 Å². The first-order valence-corrected chi connectivity index (χ1v) is 12.4. The van der Waals surface area contributed by atoms with Gasteiger partial charge >= 0.3 is 0 Å². The summed E-state index contributed by atoms with van der Waals surface area (Å²) in [5.41, 5.74) is 9.13. The van der Waals surface area contributed by atoms with Gasteiger partial charge in [0.15, 0.2) is 11.5 Å². The number of carbonyl (C=O) groups is 3. The topological polar surface area (TPSA) is 123 Å². The van der Waals surface area contributed by atoms with Crippen LogP contribution in [0.25, 0.3) is 0 Å². The van der Waals surface area contributed by atoms with Gasteiger partial charge in [0.2, 0.25) is 17.7 Å². The summed E-state index contributed by atoms with van der Waals surface area (Å²) >= 11 is 0. The molecule has 9 nitrogen and oxygen atoms in total. The third kappa shape index (κ3) is 5.67. The van der Waals surface area contributed by atoms with Gasteiger partial charge in [-0.25, -0.2) is 0 Å². The minimum absolute atomic E-state index is 0.209. The highest BCUT2D eigenvalue weighted by molar-refractivity contribution is 6.24. The number of ether oxygens (including phenoxy) is 2. The molecule has 1 aliphatic rings. The van der Waals surface area contributed by atoms with E-state index in [1.807, 2.05) is 50.2 Å². The van der Waals surface area contributed by atoms with Crippen molar-refractivity contribution in [2.24, 2.45) is 10.7 Å². The molecule has 3 N–H and O–H groups in total. The van der Waals surface area contributed by atoms with Crippen LogP contribution in [0.1, 0.15) is 37.8 Å². The van der Waals surface area contributed by atoms with Crippen LogP contribution in [0, 0.1) is 0 Å². The molecule has 4 rings (SSSR count). The second-order valence-corrected chi connectivity index (χ2v) is 8.63. The van der Waals surface area contributed by atoms with Gasteiger partial charge in [-0.15, -0.1) is 0 Å². The van der Waals surface area contributed by atoms with E-state index in [1.54, 1.807) is 30.3 Å². The predicted molar refractivity (Wildman–Crippen MR) is 146 cm³/mol. The van der Waals surface area contributed by atoms with Crippen LogP contribution in [0.5, 0.6) is 11.5 Å². The van der Waals surface area contributed by atoms with Crippen molar-refractivity contribution in [2.75, 3.05) is 30.0 Å². The van der Waals surface area contributed by atoms with Gasteiger partial charge in [-0.05, 0) is 55.3 Å². The molecule has 1 unspecified atom stereocenters. The Labute approximate surface area is 221 Å². The third-order valence-corrected chi connectivity index (χ3v) is 5.99. The Hall–Kier alpha value is -4.66. The van der Waals surface area contributed by atoms with Crippen LogP contribution in [0.2, 0.25) is 0 Å². The Morgan fingerprint density at radius 3 is 2.18 bits per heavy atom. The number of hydrogen-bond acceptors (Lipinski definition) is 6. The highest BCUT2D eigenvalue weighted by Gasteiger charge is 2.37. The fourth-order valence-corrected chi connectivity index (χ4v) is 4.37. The van der Waals surface area contributed by atoms with Gasteiger partial charge in [-0.2, -0.15) is 0 Å². The van der Waals surface area contributed by atoms with E-state index in [0.717, 1.165) is 11.1 Å². The number of nitrogens with zero attached hydrogens (tertiary/aromatic N) is 2. The first-order valence-electron chi connectivity index (χ1n) is 12.4. The summed E-state index contributed by atoms with van der Waals surface area (Å²) in [5.74, 6) is -0.691. The van der Waals surface area contributed by atoms with Crippen molar-refractivity contribution in [3.05, 3.63) is 77.9 Å². The summed E-state index contributed by atoms with van der Waals surface area (Å²) in [4.78, 5) is 42.9. The Balaban J connectivity index is 1.79. The molecule has 3 aromatic carbocycles. The molecule has 0 aromatic heterocycles. The maximum Gasteiger partial charge on any atom is 0.238 e. The van der Waals surface area contributed by atoms with Gasteiger partial charge in [0, 0.05) is 24.4 Å². The Kier molecular flexibility index (Phi) is 8.06. The first-order chi connectivity index (χ1) is 18.3. The Morgan fingerprint density at radius 2 is 1.61 bits per heavy atom. The lowest BCUT2D eigenvalue weighted by atomic mass is 9.90. The van der Waals surface area contributed by atoms with E-state index in [-0.39, 0.29) is 18.4 Å². The molecule has 0 fully saturated rings. The van der Waals surface area contributed by atoms with Gasteiger partial charge in [-0.3, -0.25) is 19.4 Å². The van der Waals surface area contributed by atoms with E-state index in [9.17, 15) is 14.4 Å². The third-order valence-electron chi connectivity index (χ3n) is 5.99. The standard InChI is InChI=1S/C29H30N4O5/c1-4-37-24-15-22-23(16-25(24)38-5-2)32-29(36)27(22)28(19-9-7-6-8-10-19)31-20-11-13-21(14-12-20)33(18(3)34)17-26(30)35/h6-16,27H,4-5,17H2,1-3H3,(H2,30,35)(H,32,36). The number of primary amides is 1. The van der Waals surface area contributed by atoms with E-state index in [4.69, 9.17) is 20.2 Å². The van der Waals surface area contributed by atoms with Crippen LogP contribution in [0.15, 0.2) is 71.7 Å². The second kappa shape index (κ2) is 11.6. The number of anilines is 2. The zero-order valence-corrected chi connectivity index (χ0v) is 21.6. The van der Waals surface area contributed by atoms with Crippen LogP contribution in [-0.2, 0) is 14.4 Å². The molecule has 1 aliphatic heterocycles. The minimum atomic E-state index is -0.689. The number of rotatable bonds is 10. The molecular weight excluding hydrogens is 484 g/mol. The molecule has 3 aromatic rings. The number of amides is 3. The van der Waals surface area contributed by atoms with Crippen molar-refractivity contribution in [1.29, 1.82) is 0 Å². The summed E-state index contributed by atoms with van der Waals surface area (Å²) in [7, 11) is 0. The van der Waals surface area contributed by atoms with Gasteiger partial charge in [0.05, 0.1) is 24.6 Å². The van der Waals surface area contributed by atoms with Crippen LogP contribution >= 0.6 is 0 Å². The molecule has 3 amide bonds. The minimum Gasteiger partial charge on any atom is -0.490 e. The molecule has 1 heterocycles. The molecule has 0 aliphatic carbocycles. The van der Waals surface area contributed by atoms with Crippen LogP contribution < -0.4 is 25.4 Å². The maximum atomic E-state index is 13.3. The number of aliphatic imine (C=N–C) groups is 1. The zero-order valence-electron chi connectivity index (χ0n) is 21.6. The Bertz CT molecular complexity index is 1370. The number of nitrogens with two attached hydrogens (primary N) is 1. The quantitative estimate of drug-likeness (QED) is 0.393. The largest absolute Gasteiger partial charge is 0.490 e. The summed E-state index contributed by atoms with van der Waals surface area (Å²) in [6.07, 6.45) is 0. The van der Waals surface area contributed by atoms with Crippen molar-refractivity contribution in [3.63, 3.8) is 0 Å². The summed E-state index contributed by atoms with van der Waals surface area (Å²) in [5, 5.41) is 2.96. The first kappa shape index (κ1) is 26.4. The van der Waals surface area contributed by atoms with Gasteiger partial charge in [0.25, 0.3) is 0 Å². The number of fused-ring (bicyclic) bond motifs is 1. The fraction of sp³-hybridized carbons (Fsp3) is 0.241. The molecule has 0 radical (unpaired) electrons. The molecule has 0 bridgehead atoms. The van der Waals surface area contributed by atoms with E-state index >= 15 is 0 Å². The number of hydrogen-bond donors (Lipinski definition) is 2. The highest BCUT2D eigenvalue weighted by atomic mass is 16.5. The average Bonchev–Trinajstić information content (AvgIpc) is 3.21. The number of benzene rings is 3. The van der Waals surface area contributed by atoms with Gasteiger partial charge < -0.3 is 25.4 Å². The molecule has 0 saturated heterocycles. The summed E-state index contributed by atoms with van der Waals surface area (Å²) < 4.78 is 11.5. The van der Waals surface area contributed by atoms with Crippen molar-refractivity contribution < 1.29 is 23.9 Å². The summed E-state index contributed by atoms with van der Waals surface area (Å²) in [6, 6.07) is 19.9. The number of carbonyl (C=O) groups excluding carboxylic acids is 3. The van der Waals surface area contributed by atoms with E-state index in [2.05, 4.69) is 5.32 Å². The monoisotopic (exact) mass is 514 g/mol. The zero-order chi connectivity index (χ0) is 27.2. The lowest BCUT2D eigenvalue weighted by Gasteiger charge is -2.19. The molecule has 38 heavy (non-hydrogen) atoms. The lowest BCUT2D eigenvalue weighted by molar-refractivity contribution is -0.121.